The minimum atomic E-state index is -3.95. The summed E-state index contributed by atoms with van der Waals surface area (Å²) in [6.45, 7) is 7.07. The van der Waals surface area contributed by atoms with Gasteiger partial charge >= 0.3 is 6.09 Å². The molecule has 10 heteroatoms. The Morgan fingerprint density at radius 3 is 2.50 bits per heavy atom. The summed E-state index contributed by atoms with van der Waals surface area (Å²) < 4.78 is 33.6. The zero-order chi connectivity index (χ0) is 23.7. The summed E-state index contributed by atoms with van der Waals surface area (Å²) in [6.07, 6.45) is 0.897. The number of para-hydroxylation sites is 1. The number of benzene rings is 1. The van der Waals surface area contributed by atoms with Crippen LogP contribution in [0.25, 0.3) is 5.69 Å². The third kappa shape index (κ3) is 5.28. The minimum absolute atomic E-state index is 0.0459. The molecule has 0 bridgehead atoms. The van der Waals surface area contributed by atoms with E-state index in [0.717, 1.165) is 0 Å². The van der Waals surface area contributed by atoms with E-state index >= 15 is 0 Å². The molecule has 1 aromatic carbocycles. The lowest BCUT2D eigenvalue weighted by molar-refractivity contribution is 0.0283. The molecular weight excluding hydrogens is 452 g/mol. The van der Waals surface area contributed by atoms with Gasteiger partial charge in [-0.3, -0.25) is 4.98 Å². The second-order valence-corrected chi connectivity index (χ2v) is 10.6. The zero-order valence-electron chi connectivity index (χ0n) is 18.5. The number of carbonyl (C=O) groups is 1. The number of nitrogens with zero attached hydrogens (tertiary/aromatic N) is 4. The second kappa shape index (κ2) is 8.91. The number of amides is 1. The Morgan fingerprint density at radius 1 is 1.19 bits per heavy atom. The van der Waals surface area contributed by atoms with E-state index in [1.54, 1.807) is 59.0 Å². The van der Waals surface area contributed by atoms with E-state index < -0.39 is 21.5 Å². The van der Waals surface area contributed by atoms with Crippen LogP contribution in [0.4, 0.5) is 4.79 Å². The maximum absolute atomic E-state index is 13.5. The van der Waals surface area contributed by atoms with E-state index in [1.165, 1.54) is 34.0 Å². The summed E-state index contributed by atoms with van der Waals surface area (Å²) in [5.41, 5.74) is 0.683. The Kier molecular flexibility index (Phi) is 6.61. The van der Waals surface area contributed by atoms with Gasteiger partial charge in [0, 0.05) is 25.0 Å². The first-order valence-electron chi connectivity index (χ1n) is 9.84. The Labute approximate surface area is 192 Å². The van der Waals surface area contributed by atoms with Crippen molar-refractivity contribution in [2.24, 2.45) is 0 Å². The monoisotopic (exact) mass is 476 g/mol. The minimum Gasteiger partial charge on any atom is -0.444 e. The van der Waals surface area contributed by atoms with Crippen molar-refractivity contribution in [3.63, 3.8) is 0 Å². The number of aryl methyl sites for hydroxylation is 1. The van der Waals surface area contributed by atoms with E-state index in [4.69, 9.17) is 16.3 Å². The van der Waals surface area contributed by atoms with Gasteiger partial charge in [0.15, 0.2) is 5.03 Å². The van der Waals surface area contributed by atoms with Gasteiger partial charge in [-0.2, -0.15) is 5.10 Å². The second-order valence-electron chi connectivity index (χ2n) is 8.31. The molecule has 2 aromatic heterocycles. The molecule has 3 aromatic rings. The summed E-state index contributed by atoms with van der Waals surface area (Å²) in [5.74, 6) is 0. The first kappa shape index (κ1) is 23.7. The number of ether oxygens (including phenoxy) is 1. The Bertz CT molecular complexity index is 1250. The molecule has 0 fully saturated rings. The topological polar surface area (TPSA) is 94.4 Å². The molecule has 0 aliphatic rings. The molecule has 0 atom stereocenters. The molecule has 0 aliphatic carbocycles. The predicted octanol–water partition coefficient (Wildman–Crippen LogP) is 4.43. The Hall–Kier alpha value is -2.91. The van der Waals surface area contributed by atoms with E-state index in [2.05, 4.69) is 10.1 Å². The first-order valence-corrected chi connectivity index (χ1v) is 11.7. The van der Waals surface area contributed by atoms with Crippen molar-refractivity contribution in [2.75, 3.05) is 7.05 Å². The molecule has 8 nitrogen and oxygen atoms in total. The maximum atomic E-state index is 13.5. The van der Waals surface area contributed by atoms with Gasteiger partial charge in [-0.05, 0) is 52.0 Å². The number of hydrogen-bond donors (Lipinski definition) is 0. The third-order valence-electron chi connectivity index (χ3n) is 4.37. The van der Waals surface area contributed by atoms with E-state index in [1.807, 2.05) is 0 Å². The van der Waals surface area contributed by atoms with Crippen molar-refractivity contribution in [3.05, 3.63) is 65.1 Å². The Balaban J connectivity index is 2.07. The van der Waals surface area contributed by atoms with Crippen molar-refractivity contribution in [1.29, 1.82) is 0 Å². The van der Waals surface area contributed by atoms with E-state index in [0.29, 0.717) is 22.1 Å². The van der Waals surface area contributed by atoms with Crippen LogP contribution in [0.5, 0.6) is 0 Å². The largest absolute Gasteiger partial charge is 0.444 e. The highest BCUT2D eigenvalue weighted by atomic mass is 35.5. The van der Waals surface area contributed by atoms with Crippen LogP contribution in [0, 0.1) is 6.92 Å². The highest BCUT2D eigenvalue weighted by Crippen LogP contribution is 2.28. The number of halogens is 1. The van der Waals surface area contributed by atoms with Gasteiger partial charge in [0.25, 0.3) is 0 Å². The summed E-state index contributed by atoms with van der Waals surface area (Å²) in [6, 6.07) is 11.2. The van der Waals surface area contributed by atoms with Gasteiger partial charge in [-0.1, -0.05) is 23.7 Å². The van der Waals surface area contributed by atoms with Crippen LogP contribution in [0.15, 0.2) is 58.6 Å². The number of aromatic nitrogens is 3. The van der Waals surface area contributed by atoms with Crippen molar-refractivity contribution in [1.82, 2.24) is 19.7 Å². The smallest absolute Gasteiger partial charge is 0.410 e. The Morgan fingerprint density at radius 2 is 1.88 bits per heavy atom. The fraction of sp³-hybridized carbons (Fsp3) is 0.318. The highest BCUT2D eigenvalue weighted by Gasteiger charge is 2.27. The molecule has 0 radical (unpaired) electrons. The molecule has 0 aliphatic heterocycles. The third-order valence-corrected chi connectivity index (χ3v) is 6.40. The molecule has 0 saturated heterocycles. The van der Waals surface area contributed by atoms with Crippen LogP contribution >= 0.6 is 11.6 Å². The van der Waals surface area contributed by atoms with E-state index in [-0.39, 0.29) is 16.5 Å². The molecule has 0 unspecified atom stereocenters. The number of sulfone groups is 1. The van der Waals surface area contributed by atoms with Crippen molar-refractivity contribution >= 4 is 27.5 Å². The van der Waals surface area contributed by atoms with Crippen molar-refractivity contribution in [3.8, 4) is 5.69 Å². The molecule has 0 spiro atoms. The molecule has 1 amide bonds. The van der Waals surface area contributed by atoms with E-state index in [9.17, 15) is 13.2 Å². The van der Waals surface area contributed by atoms with Gasteiger partial charge in [-0.15, -0.1) is 0 Å². The SMILES string of the molecule is Cc1cc(S(=O)(=O)c2cc(CN(C)C(=O)OC(C)(C)C)nn2-c2ccccc2Cl)ccn1. The fourth-order valence-corrected chi connectivity index (χ4v) is 4.61. The van der Waals surface area contributed by atoms with Gasteiger partial charge in [0.1, 0.15) is 5.60 Å². The van der Waals surface area contributed by atoms with Gasteiger partial charge < -0.3 is 9.64 Å². The highest BCUT2D eigenvalue weighted by molar-refractivity contribution is 7.91. The van der Waals surface area contributed by atoms with Crippen LogP contribution in [-0.4, -0.2) is 46.8 Å². The van der Waals surface area contributed by atoms with Crippen LogP contribution < -0.4 is 0 Å². The van der Waals surface area contributed by atoms with Crippen LogP contribution in [0.2, 0.25) is 5.02 Å². The van der Waals surface area contributed by atoms with Gasteiger partial charge in [-0.25, -0.2) is 17.9 Å². The summed E-state index contributed by atoms with van der Waals surface area (Å²) in [5, 5.41) is 4.73. The summed E-state index contributed by atoms with van der Waals surface area (Å²) >= 11 is 6.34. The standard InChI is InChI=1S/C22H25ClN4O4S/c1-15-12-17(10-11-24-15)32(29,30)20-13-16(14-26(5)21(28)31-22(2,3)4)25-27(20)19-9-7-6-8-18(19)23/h6-13H,14H2,1-5H3. The molecule has 170 valence electrons. The number of pyridine rings is 1. The quantitative estimate of drug-likeness (QED) is 0.540. The van der Waals surface area contributed by atoms with Crippen molar-refractivity contribution in [2.45, 2.75) is 49.8 Å². The lowest BCUT2D eigenvalue weighted by Crippen LogP contribution is -2.33. The molecule has 0 N–H and O–H groups in total. The molecule has 32 heavy (non-hydrogen) atoms. The number of hydrogen-bond acceptors (Lipinski definition) is 6. The summed E-state index contributed by atoms with van der Waals surface area (Å²) in [4.78, 5) is 17.8. The fourth-order valence-electron chi connectivity index (χ4n) is 2.93. The average molecular weight is 477 g/mol. The molecule has 2 heterocycles. The lowest BCUT2D eigenvalue weighted by Gasteiger charge is -2.24. The maximum Gasteiger partial charge on any atom is 0.410 e. The normalized spacial score (nSPS) is 11.9. The van der Waals surface area contributed by atoms with Gasteiger partial charge in [0.05, 0.1) is 27.8 Å². The lowest BCUT2D eigenvalue weighted by atomic mass is 10.2. The number of carbonyl (C=O) groups excluding carboxylic acids is 1. The van der Waals surface area contributed by atoms with Crippen LogP contribution in [0.3, 0.4) is 0 Å². The number of rotatable bonds is 5. The van der Waals surface area contributed by atoms with Crippen molar-refractivity contribution < 1.29 is 17.9 Å². The molecular formula is C22H25ClN4O4S. The summed E-state index contributed by atoms with van der Waals surface area (Å²) in [7, 11) is -2.40. The molecule has 3 rings (SSSR count). The van der Waals surface area contributed by atoms with Crippen LogP contribution in [0.1, 0.15) is 32.2 Å². The van der Waals surface area contributed by atoms with Crippen LogP contribution in [-0.2, 0) is 21.1 Å². The van der Waals surface area contributed by atoms with Gasteiger partial charge in [0.2, 0.25) is 9.84 Å². The molecule has 0 saturated carbocycles. The average Bonchev–Trinajstić information content (AvgIpc) is 3.11. The predicted molar refractivity (Wildman–Crippen MR) is 121 cm³/mol. The first-order chi connectivity index (χ1) is 14.9. The zero-order valence-corrected chi connectivity index (χ0v) is 20.1.